The van der Waals surface area contributed by atoms with Crippen molar-refractivity contribution in [3.8, 4) is 0 Å². The van der Waals surface area contributed by atoms with Gasteiger partial charge in [0.1, 0.15) is 6.34 Å². The summed E-state index contributed by atoms with van der Waals surface area (Å²) in [6.45, 7) is 4.32. The molecule has 5 nitrogen and oxygen atoms in total. The van der Waals surface area contributed by atoms with E-state index in [1.807, 2.05) is 5.12 Å². The molecular formula is C14H21N5. The van der Waals surface area contributed by atoms with Crippen molar-refractivity contribution in [2.45, 2.75) is 25.8 Å². The van der Waals surface area contributed by atoms with E-state index in [9.17, 15) is 0 Å². The fourth-order valence-electron chi connectivity index (χ4n) is 2.91. The summed E-state index contributed by atoms with van der Waals surface area (Å²) in [5, 5.41) is 9.49. The van der Waals surface area contributed by atoms with Gasteiger partial charge in [0.25, 0.3) is 0 Å². The molecule has 0 amide bonds. The summed E-state index contributed by atoms with van der Waals surface area (Å²) in [4.78, 5) is 0. The Bertz CT molecular complexity index is 428. The molecule has 1 fully saturated rings. The molecule has 0 bridgehead atoms. The second-order valence-electron chi connectivity index (χ2n) is 5.30. The van der Waals surface area contributed by atoms with E-state index < -0.39 is 0 Å². The van der Waals surface area contributed by atoms with Gasteiger partial charge in [-0.3, -0.25) is 5.43 Å². The minimum absolute atomic E-state index is 0.310. The van der Waals surface area contributed by atoms with Crippen LogP contribution in [-0.2, 0) is 0 Å². The molecule has 102 valence electrons. The smallest absolute Gasteiger partial charge is 0.126 e. The molecule has 3 rings (SSSR count). The maximum atomic E-state index is 4.05. The lowest BCUT2D eigenvalue weighted by molar-refractivity contribution is 0.0578. The topological polar surface area (TPSA) is 51.7 Å². The quantitative estimate of drug-likeness (QED) is 0.766. The lowest BCUT2D eigenvalue weighted by Gasteiger charge is -2.35. The first-order chi connectivity index (χ1) is 9.34. The van der Waals surface area contributed by atoms with Crippen molar-refractivity contribution in [1.82, 2.24) is 21.4 Å². The van der Waals surface area contributed by atoms with Crippen molar-refractivity contribution in [1.29, 1.82) is 0 Å². The van der Waals surface area contributed by atoms with Crippen LogP contribution in [0.4, 0.5) is 0 Å². The van der Waals surface area contributed by atoms with Crippen LogP contribution in [0.5, 0.6) is 0 Å². The number of nitrogens with zero attached hydrogens (tertiary/aromatic N) is 2. The predicted molar refractivity (Wildman–Crippen MR) is 76.1 cm³/mol. The Morgan fingerprint density at radius 3 is 2.58 bits per heavy atom. The van der Waals surface area contributed by atoms with Crippen LogP contribution in [0.3, 0.4) is 0 Å². The summed E-state index contributed by atoms with van der Waals surface area (Å²) in [5.41, 5.74) is 8.85. The van der Waals surface area contributed by atoms with Gasteiger partial charge in [-0.05, 0) is 44.3 Å². The van der Waals surface area contributed by atoms with Gasteiger partial charge in [0.15, 0.2) is 0 Å². The Morgan fingerprint density at radius 1 is 1.21 bits per heavy atom. The molecule has 1 aromatic carbocycles. The van der Waals surface area contributed by atoms with Crippen molar-refractivity contribution in [2.75, 3.05) is 13.1 Å². The molecule has 5 heteroatoms. The van der Waals surface area contributed by atoms with Crippen LogP contribution in [0.1, 0.15) is 30.0 Å². The van der Waals surface area contributed by atoms with Gasteiger partial charge < -0.3 is 5.32 Å². The third kappa shape index (κ3) is 2.72. The Kier molecular flexibility index (Phi) is 3.66. The molecule has 0 aliphatic carbocycles. The molecule has 19 heavy (non-hydrogen) atoms. The van der Waals surface area contributed by atoms with E-state index in [2.05, 4.69) is 52.6 Å². The van der Waals surface area contributed by atoms with E-state index in [4.69, 9.17) is 0 Å². The molecule has 1 saturated heterocycles. The number of hydrazine groups is 2. The molecule has 0 radical (unpaired) electrons. The van der Waals surface area contributed by atoms with Crippen LogP contribution in [0, 0.1) is 12.8 Å². The largest absolute Gasteiger partial charge is 0.317 e. The average Bonchev–Trinajstić information content (AvgIpc) is 2.96. The van der Waals surface area contributed by atoms with E-state index in [0.717, 1.165) is 13.1 Å². The summed E-state index contributed by atoms with van der Waals surface area (Å²) in [6.07, 6.45) is 4.08. The molecule has 2 aliphatic heterocycles. The van der Waals surface area contributed by atoms with Crippen molar-refractivity contribution in [3.63, 3.8) is 0 Å². The highest BCUT2D eigenvalue weighted by atomic mass is 15.9. The molecule has 2 aliphatic rings. The zero-order valence-corrected chi connectivity index (χ0v) is 11.3. The Morgan fingerprint density at radius 2 is 1.95 bits per heavy atom. The number of hydrogen-bond acceptors (Lipinski definition) is 5. The minimum atomic E-state index is 0.310. The van der Waals surface area contributed by atoms with Crippen molar-refractivity contribution < 1.29 is 0 Å². The second kappa shape index (κ2) is 5.59. The molecule has 0 aromatic heterocycles. The van der Waals surface area contributed by atoms with Gasteiger partial charge in [-0.15, -0.1) is 5.12 Å². The maximum absolute atomic E-state index is 4.05. The number of rotatable bonds is 3. The highest BCUT2D eigenvalue weighted by Gasteiger charge is 2.31. The van der Waals surface area contributed by atoms with E-state index in [1.54, 1.807) is 6.34 Å². The molecule has 1 aromatic rings. The number of benzene rings is 1. The summed E-state index contributed by atoms with van der Waals surface area (Å²) in [7, 11) is 0. The third-order valence-electron chi connectivity index (χ3n) is 3.95. The van der Waals surface area contributed by atoms with Gasteiger partial charge in [0.2, 0.25) is 0 Å². The molecule has 2 heterocycles. The summed E-state index contributed by atoms with van der Waals surface area (Å²) in [5.74, 6) is 0.630. The van der Waals surface area contributed by atoms with Gasteiger partial charge >= 0.3 is 0 Å². The molecule has 1 atom stereocenters. The monoisotopic (exact) mass is 259 g/mol. The van der Waals surface area contributed by atoms with Crippen LogP contribution < -0.4 is 16.3 Å². The zero-order chi connectivity index (χ0) is 13.1. The van der Waals surface area contributed by atoms with E-state index in [1.165, 1.54) is 24.0 Å². The molecular weight excluding hydrogens is 238 g/mol. The molecule has 0 unspecified atom stereocenters. The molecule has 0 spiro atoms. The Labute approximate surface area is 114 Å². The second-order valence-corrected chi connectivity index (χ2v) is 5.30. The molecule has 0 saturated carbocycles. The summed E-state index contributed by atoms with van der Waals surface area (Å²) < 4.78 is 0. The minimum Gasteiger partial charge on any atom is -0.317 e. The lowest BCUT2D eigenvalue weighted by atomic mass is 9.86. The first-order valence-electron chi connectivity index (χ1n) is 6.94. The van der Waals surface area contributed by atoms with Crippen molar-refractivity contribution in [3.05, 3.63) is 35.4 Å². The van der Waals surface area contributed by atoms with Crippen LogP contribution >= 0.6 is 0 Å². The highest BCUT2D eigenvalue weighted by molar-refractivity contribution is 5.54. The number of nitrogens with one attached hydrogen (secondary N) is 3. The van der Waals surface area contributed by atoms with Crippen molar-refractivity contribution >= 4 is 6.34 Å². The van der Waals surface area contributed by atoms with Gasteiger partial charge in [-0.2, -0.15) is 5.10 Å². The van der Waals surface area contributed by atoms with E-state index in [0.29, 0.717) is 12.0 Å². The van der Waals surface area contributed by atoms with Gasteiger partial charge in [0.05, 0.1) is 6.04 Å². The normalized spacial score (nSPS) is 21.9. The van der Waals surface area contributed by atoms with Crippen LogP contribution in [-0.4, -0.2) is 24.5 Å². The predicted octanol–water partition coefficient (Wildman–Crippen LogP) is 1.30. The highest BCUT2D eigenvalue weighted by Crippen LogP contribution is 2.32. The fraction of sp³-hybridized carbons (Fsp3) is 0.500. The fourth-order valence-corrected chi connectivity index (χ4v) is 2.91. The van der Waals surface area contributed by atoms with Gasteiger partial charge in [-0.1, -0.05) is 29.8 Å². The number of piperidine rings is 1. The summed E-state index contributed by atoms with van der Waals surface area (Å²) in [6, 6.07) is 9.12. The van der Waals surface area contributed by atoms with Gasteiger partial charge in [0, 0.05) is 0 Å². The maximum Gasteiger partial charge on any atom is 0.126 e. The van der Waals surface area contributed by atoms with Crippen LogP contribution in [0.2, 0.25) is 0 Å². The standard InChI is InChI=1S/C14H21N5/c1-11-2-4-12(5-3-11)14(19-17-10-16-18-19)13-6-8-15-9-7-13/h2-5,10,13-15,18H,6-9H2,1H3,(H,16,17)/t14-/m1/s1. The zero-order valence-electron chi connectivity index (χ0n) is 11.3. The lowest BCUT2D eigenvalue weighted by Crippen LogP contribution is -2.47. The average molecular weight is 259 g/mol. The van der Waals surface area contributed by atoms with E-state index in [-0.39, 0.29) is 0 Å². The van der Waals surface area contributed by atoms with Crippen LogP contribution in [0.15, 0.2) is 29.4 Å². The first kappa shape index (κ1) is 12.4. The van der Waals surface area contributed by atoms with E-state index >= 15 is 0 Å². The third-order valence-corrected chi connectivity index (χ3v) is 3.95. The summed E-state index contributed by atoms with van der Waals surface area (Å²) >= 11 is 0. The van der Waals surface area contributed by atoms with Crippen LogP contribution in [0.25, 0.3) is 0 Å². The van der Waals surface area contributed by atoms with Crippen molar-refractivity contribution in [2.24, 2.45) is 11.0 Å². The Balaban J connectivity index is 1.84. The number of hydrazone groups is 1. The Hall–Kier alpha value is -1.59. The number of aryl methyl sites for hydroxylation is 1. The number of hydrogen-bond donors (Lipinski definition) is 3. The molecule has 3 N–H and O–H groups in total. The SMILES string of the molecule is Cc1ccc([C@H](C2CCNCC2)N2NC=NN2)cc1. The first-order valence-corrected chi connectivity index (χ1v) is 6.94. The van der Waals surface area contributed by atoms with Gasteiger partial charge in [-0.25, -0.2) is 5.53 Å².